The molecule has 1 heterocycles. The van der Waals surface area contributed by atoms with Crippen molar-refractivity contribution in [2.45, 2.75) is 33.4 Å². The highest BCUT2D eigenvalue weighted by molar-refractivity contribution is 4.81. The van der Waals surface area contributed by atoms with Crippen LogP contribution in [0.3, 0.4) is 0 Å². The SMILES string of the molecule is CCNCc1ncn(C(C)C)n1. The molecule has 0 bridgehead atoms. The number of nitrogens with one attached hydrogen (secondary N) is 1. The molecule has 0 spiro atoms. The van der Waals surface area contributed by atoms with Gasteiger partial charge >= 0.3 is 0 Å². The Morgan fingerprint density at radius 1 is 1.58 bits per heavy atom. The summed E-state index contributed by atoms with van der Waals surface area (Å²) in [6, 6.07) is 0.396. The summed E-state index contributed by atoms with van der Waals surface area (Å²) >= 11 is 0. The Balaban J connectivity index is 2.52. The van der Waals surface area contributed by atoms with E-state index in [1.165, 1.54) is 0 Å². The lowest BCUT2D eigenvalue weighted by Crippen LogP contribution is -2.13. The second-order valence-corrected chi connectivity index (χ2v) is 3.01. The van der Waals surface area contributed by atoms with Crippen LogP contribution < -0.4 is 5.32 Å². The van der Waals surface area contributed by atoms with Crippen molar-refractivity contribution in [1.29, 1.82) is 0 Å². The highest BCUT2D eigenvalue weighted by Crippen LogP contribution is 2.00. The van der Waals surface area contributed by atoms with E-state index in [9.17, 15) is 0 Å². The minimum Gasteiger partial charge on any atom is -0.310 e. The average Bonchev–Trinajstić information content (AvgIpc) is 2.48. The van der Waals surface area contributed by atoms with Gasteiger partial charge in [0.15, 0.2) is 5.82 Å². The van der Waals surface area contributed by atoms with Gasteiger partial charge in [-0.1, -0.05) is 6.92 Å². The molecule has 12 heavy (non-hydrogen) atoms. The van der Waals surface area contributed by atoms with E-state index in [1.54, 1.807) is 6.33 Å². The van der Waals surface area contributed by atoms with Crippen LogP contribution in [0.4, 0.5) is 0 Å². The van der Waals surface area contributed by atoms with Crippen LogP contribution in [0.1, 0.15) is 32.6 Å². The predicted molar refractivity (Wildman–Crippen MR) is 47.8 cm³/mol. The van der Waals surface area contributed by atoms with Crippen molar-refractivity contribution < 1.29 is 0 Å². The van der Waals surface area contributed by atoms with Crippen LogP contribution >= 0.6 is 0 Å². The maximum atomic E-state index is 4.29. The van der Waals surface area contributed by atoms with Gasteiger partial charge in [0, 0.05) is 6.04 Å². The first kappa shape index (κ1) is 9.19. The second kappa shape index (κ2) is 4.21. The number of hydrogen-bond acceptors (Lipinski definition) is 3. The molecule has 0 unspecified atom stereocenters. The summed E-state index contributed by atoms with van der Waals surface area (Å²) < 4.78 is 1.87. The highest BCUT2D eigenvalue weighted by atomic mass is 15.3. The Morgan fingerprint density at radius 2 is 2.33 bits per heavy atom. The van der Waals surface area contributed by atoms with Crippen LogP contribution in [-0.4, -0.2) is 21.3 Å². The summed E-state index contributed by atoms with van der Waals surface area (Å²) in [7, 11) is 0. The predicted octanol–water partition coefficient (Wildman–Crippen LogP) is 0.968. The summed E-state index contributed by atoms with van der Waals surface area (Å²) in [6.07, 6.45) is 1.78. The first-order valence-corrected chi connectivity index (χ1v) is 4.34. The fourth-order valence-corrected chi connectivity index (χ4v) is 0.877. The molecule has 0 radical (unpaired) electrons. The summed E-state index contributed by atoms with van der Waals surface area (Å²) in [6.45, 7) is 7.96. The second-order valence-electron chi connectivity index (χ2n) is 3.01. The standard InChI is InChI=1S/C8H16N4/c1-4-9-5-8-10-6-12(11-8)7(2)3/h6-7,9H,4-5H2,1-3H3. The Kier molecular flexibility index (Phi) is 3.22. The van der Waals surface area contributed by atoms with E-state index < -0.39 is 0 Å². The molecule has 4 heteroatoms. The lowest BCUT2D eigenvalue weighted by atomic mass is 10.4. The fourth-order valence-electron chi connectivity index (χ4n) is 0.877. The Hall–Kier alpha value is -0.900. The van der Waals surface area contributed by atoms with E-state index in [0.29, 0.717) is 6.04 Å². The zero-order valence-electron chi connectivity index (χ0n) is 7.91. The third kappa shape index (κ3) is 2.30. The molecule has 1 aromatic rings. The lowest BCUT2D eigenvalue weighted by Gasteiger charge is -2.01. The van der Waals surface area contributed by atoms with Crippen LogP contribution in [0, 0.1) is 0 Å². The Bertz CT molecular complexity index is 229. The normalized spacial score (nSPS) is 11.0. The van der Waals surface area contributed by atoms with E-state index in [2.05, 4.69) is 36.2 Å². The lowest BCUT2D eigenvalue weighted by molar-refractivity contribution is 0.522. The van der Waals surface area contributed by atoms with Gasteiger partial charge in [0.25, 0.3) is 0 Å². The molecule has 1 aromatic heterocycles. The Labute approximate surface area is 73.0 Å². The van der Waals surface area contributed by atoms with Crippen LogP contribution in [0.2, 0.25) is 0 Å². The molecule has 1 rings (SSSR count). The van der Waals surface area contributed by atoms with Gasteiger partial charge in [-0.3, -0.25) is 4.68 Å². The monoisotopic (exact) mass is 168 g/mol. The van der Waals surface area contributed by atoms with Gasteiger partial charge in [-0.05, 0) is 20.4 Å². The third-order valence-corrected chi connectivity index (χ3v) is 1.62. The van der Waals surface area contributed by atoms with Gasteiger partial charge in [0.1, 0.15) is 6.33 Å². The molecule has 0 aliphatic carbocycles. The molecule has 0 amide bonds. The molecule has 1 N–H and O–H groups in total. The van der Waals surface area contributed by atoms with E-state index in [-0.39, 0.29) is 0 Å². The molecule has 0 atom stereocenters. The molecule has 0 fully saturated rings. The largest absolute Gasteiger partial charge is 0.310 e. The van der Waals surface area contributed by atoms with Crippen LogP contribution in [0.15, 0.2) is 6.33 Å². The number of hydrogen-bond donors (Lipinski definition) is 1. The Morgan fingerprint density at radius 3 is 2.83 bits per heavy atom. The maximum absolute atomic E-state index is 4.29. The molecule has 0 saturated heterocycles. The third-order valence-electron chi connectivity index (χ3n) is 1.62. The molecular formula is C8H16N4. The molecule has 0 aliphatic rings. The topological polar surface area (TPSA) is 42.7 Å². The first-order valence-electron chi connectivity index (χ1n) is 4.34. The summed E-state index contributed by atoms with van der Waals surface area (Å²) in [5.41, 5.74) is 0. The smallest absolute Gasteiger partial charge is 0.164 e. The zero-order valence-corrected chi connectivity index (χ0v) is 7.91. The maximum Gasteiger partial charge on any atom is 0.164 e. The van der Waals surface area contributed by atoms with Crippen molar-refractivity contribution in [1.82, 2.24) is 20.1 Å². The van der Waals surface area contributed by atoms with Crippen molar-refractivity contribution in [3.05, 3.63) is 12.2 Å². The van der Waals surface area contributed by atoms with E-state index in [1.807, 2.05) is 4.68 Å². The zero-order chi connectivity index (χ0) is 8.97. The first-order chi connectivity index (χ1) is 5.74. The average molecular weight is 168 g/mol. The van der Waals surface area contributed by atoms with E-state index in [4.69, 9.17) is 0 Å². The minimum absolute atomic E-state index is 0.396. The molecule has 68 valence electrons. The summed E-state index contributed by atoms with van der Waals surface area (Å²) in [5, 5.41) is 7.47. The van der Waals surface area contributed by atoms with Crippen LogP contribution in [0.5, 0.6) is 0 Å². The summed E-state index contributed by atoms with van der Waals surface area (Å²) in [4.78, 5) is 4.16. The van der Waals surface area contributed by atoms with Gasteiger partial charge in [-0.25, -0.2) is 4.98 Å². The number of aromatic nitrogens is 3. The van der Waals surface area contributed by atoms with Crippen molar-refractivity contribution in [3.8, 4) is 0 Å². The van der Waals surface area contributed by atoms with Crippen LogP contribution in [-0.2, 0) is 6.54 Å². The van der Waals surface area contributed by atoms with Crippen molar-refractivity contribution in [2.24, 2.45) is 0 Å². The van der Waals surface area contributed by atoms with E-state index >= 15 is 0 Å². The van der Waals surface area contributed by atoms with Gasteiger partial charge in [-0.2, -0.15) is 5.10 Å². The fraction of sp³-hybridized carbons (Fsp3) is 0.750. The molecule has 0 aliphatic heterocycles. The van der Waals surface area contributed by atoms with Crippen molar-refractivity contribution in [3.63, 3.8) is 0 Å². The van der Waals surface area contributed by atoms with Gasteiger partial charge < -0.3 is 5.32 Å². The van der Waals surface area contributed by atoms with Crippen LogP contribution in [0.25, 0.3) is 0 Å². The molecule has 0 saturated carbocycles. The quantitative estimate of drug-likeness (QED) is 0.728. The summed E-state index contributed by atoms with van der Waals surface area (Å²) in [5.74, 6) is 0.866. The van der Waals surface area contributed by atoms with Crippen molar-refractivity contribution in [2.75, 3.05) is 6.54 Å². The van der Waals surface area contributed by atoms with Crippen molar-refractivity contribution >= 4 is 0 Å². The van der Waals surface area contributed by atoms with E-state index in [0.717, 1.165) is 18.9 Å². The minimum atomic E-state index is 0.396. The number of rotatable bonds is 4. The molecule has 4 nitrogen and oxygen atoms in total. The van der Waals surface area contributed by atoms with Gasteiger partial charge in [0.05, 0.1) is 6.54 Å². The highest BCUT2D eigenvalue weighted by Gasteiger charge is 2.01. The number of nitrogens with zero attached hydrogens (tertiary/aromatic N) is 3. The van der Waals surface area contributed by atoms with Gasteiger partial charge in [0.2, 0.25) is 0 Å². The molecule has 0 aromatic carbocycles. The molecular weight excluding hydrogens is 152 g/mol. The van der Waals surface area contributed by atoms with Gasteiger partial charge in [-0.15, -0.1) is 0 Å².